The van der Waals surface area contributed by atoms with E-state index in [1.54, 1.807) is 4.90 Å². The molecule has 0 saturated carbocycles. The van der Waals surface area contributed by atoms with E-state index in [0.717, 1.165) is 25.0 Å². The van der Waals surface area contributed by atoms with E-state index >= 15 is 0 Å². The SMILES string of the molecule is O=C(Nc1ccc(C(F)(F)F)cc1)c1ccnc(C(=O)N2CCCC2)c1. The lowest BCUT2D eigenvalue weighted by Gasteiger charge is -2.14. The molecule has 2 heterocycles. The van der Waals surface area contributed by atoms with E-state index in [-0.39, 0.29) is 22.9 Å². The van der Waals surface area contributed by atoms with E-state index in [2.05, 4.69) is 10.3 Å². The molecule has 0 bridgehead atoms. The smallest absolute Gasteiger partial charge is 0.337 e. The molecule has 0 unspecified atom stereocenters. The van der Waals surface area contributed by atoms with E-state index in [1.807, 2.05) is 0 Å². The first kappa shape index (κ1) is 17.9. The molecule has 1 aromatic carbocycles. The maximum atomic E-state index is 12.6. The molecule has 0 aliphatic carbocycles. The number of carbonyl (C=O) groups excluding carboxylic acids is 2. The number of amides is 2. The molecular formula is C18H16F3N3O2. The molecule has 1 N–H and O–H groups in total. The van der Waals surface area contributed by atoms with Crippen molar-refractivity contribution in [2.75, 3.05) is 18.4 Å². The minimum Gasteiger partial charge on any atom is -0.337 e. The van der Waals surface area contributed by atoms with Crippen LogP contribution < -0.4 is 5.32 Å². The predicted molar refractivity (Wildman–Crippen MR) is 88.8 cm³/mol. The number of pyridine rings is 1. The fourth-order valence-electron chi connectivity index (χ4n) is 2.72. The Bertz CT molecular complexity index is 813. The quantitative estimate of drug-likeness (QED) is 0.907. The third-order valence-electron chi connectivity index (χ3n) is 4.10. The molecule has 3 rings (SSSR count). The molecule has 1 aliphatic heterocycles. The van der Waals surface area contributed by atoms with Crippen molar-refractivity contribution in [1.29, 1.82) is 0 Å². The number of aromatic nitrogens is 1. The van der Waals surface area contributed by atoms with Crippen LogP contribution in [0.1, 0.15) is 39.3 Å². The predicted octanol–water partition coefficient (Wildman–Crippen LogP) is 3.59. The van der Waals surface area contributed by atoms with Crippen LogP contribution in [-0.4, -0.2) is 34.8 Å². The molecule has 1 saturated heterocycles. The van der Waals surface area contributed by atoms with Crippen LogP contribution in [0.2, 0.25) is 0 Å². The normalized spacial score (nSPS) is 14.3. The van der Waals surface area contributed by atoms with Gasteiger partial charge in [-0.25, -0.2) is 0 Å². The monoisotopic (exact) mass is 363 g/mol. The Morgan fingerprint density at radius 2 is 1.69 bits per heavy atom. The average Bonchev–Trinajstić information content (AvgIpc) is 3.15. The Labute approximate surface area is 147 Å². The Balaban J connectivity index is 1.72. The summed E-state index contributed by atoms with van der Waals surface area (Å²) in [6.45, 7) is 1.34. The number of rotatable bonds is 3. The van der Waals surface area contributed by atoms with Gasteiger partial charge >= 0.3 is 6.18 Å². The van der Waals surface area contributed by atoms with E-state index in [1.165, 1.54) is 30.5 Å². The Morgan fingerprint density at radius 3 is 2.31 bits per heavy atom. The number of hydrogen-bond acceptors (Lipinski definition) is 3. The van der Waals surface area contributed by atoms with Crippen molar-refractivity contribution in [2.24, 2.45) is 0 Å². The zero-order valence-corrected chi connectivity index (χ0v) is 13.7. The van der Waals surface area contributed by atoms with Crippen LogP contribution >= 0.6 is 0 Å². The number of nitrogens with one attached hydrogen (secondary N) is 1. The zero-order chi connectivity index (χ0) is 18.7. The maximum Gasteiger partial charge on any atom is 0.416 e. The average molecular weight is 363 g/mol. The van der Waals surface area contributed by atoms with Gasteiger partial charge in [0.15, 0.2) is 0 Å². The Kier molecular flexibility index (Phi) is 4.92. The first-order valence-electron chi connectivity index (χ1n) is 8.08. The molecule has 2 amide bonds. The number of anilines is 1. The number of halogens is 3. The summed E-state index contributed by atoms with van der Waals surface area (Å²) in [6, 6.07) is 6.98. The molecular weight excluding hydrogens is 347 g/mol. The lowest BCUT2D eigenvalue weighted by molar-refractivity contribution is -0.137. The van der Waals surface area contributed by atoms with Gasteiger partial charge in [-0.15, -0.1) is 0 Å². The first-order chi connectivity index (χ1) is 12.3. The molecule has 2 aromatic rings. The lowest BCUT2D eigenvalue weighted by Crippen LogP contribution is -2.28. The van der Waals surface area contributed by atoms with E-state index < -0.39 is 17.6 Å². The molecule has 0 radical (unpaired) electrons. The molecule has 1 aromatic heterocycles. The second-order valence-corrected chi connectivity index (χ2v) is 5.96. The molecule has 1 aliphatic rings. The standard InChI is InChI=1S/C18H16F3N3O2/c19-18(20,21)13-3-5-14(6-4-13)23-16(25)12-7-8-22-15(11-12)17(26)24-9-1-2-10-24/h3-8,11H,1-2,9-10H2,(H,23,25). The van der Waals surface area contributed by atoms with Crippen molar-refractivity contribution in [3.8, 4) is 0 Å². The lowest BCUT2D eigenvalue weighted by atomic mass is 10.1. The van der Waals surface area contributed by atoms with E-state index in [4.69, 9.17) is 0 Å². The van der Waals surface area contributed by atoms with Crippen LogP contribution in [-0.2, 0) is 6.18 Å². The van der Waals surface area contributed by atoms with Gasteiger partial charge in [-0.1, -0.05) is 0 Å². The van der Waals surface area contributed by atoms with Crippen LogP contribution in [0, 0.1) is 0 Å². The second kappa shape index (κ2) is 7.15. The number of benzene rings is 1. The van der Waals surface area contributed by atoms with Crippen molar-refractivity contribution in [1.82, 2.24) is 9.88 Å². The summed E-state index contributed by atoms with van der Waals surface area (Å²) in [7, 11) is 0. The molecule has 0 atom stereocenters. The van der Waals surface area contributed by atoms with E-state index in [0.29, 0.717) is 13.1 Å². The summed E-state index contributed by atoms with van der Waals surface area (Å²) in [4.78, 5) is 30.3. The van der Waals surface area contributed by atoms with Crippen molar-refractivity contribution in [3.05, 3.63) is 59.4 Å². The van der Waals surface area contributed by atoms with Gasteiger partial charge in [0.1, 0.15) is 5.69 Å². The molecule has 8 heteroatoms. The summed E-state index contributed by atoms with van der Waals surface area (Å²) >= 11 is 0. The highest BCUT2D eigenvalue weighted by molar-refractivity contribution is 6.05. The van der Waals surface area contributed by atoms with Crippen LogP contribution in [0.25, 0.3) is 0 Å². The first-order valence-corrected chi connectivity index (χ1v) is 8.08. The Morgan fingerprint density at radius 1 is 1.04 bits per heavy atom. The highest BCUT2D eigenvalue weighted by Gasteiger charge is 2.30. The summed E-state index contributed by atoms with van der Waals surface area (Å²) in [6.07, 6.45) is -1.18. The summed E-state index contributed by atoms with van der Waals surface area (Å²) in [5.74, 6) is -0.755. The molecule has 1 fully saturated rings. The topological polar surface area (TPSA) is 62.3 Å². The fraction of sp³-hybridized carbons (Fsp3) is 0.278. The maximum absolute atomic E-state index is 12.6. The van der Waals surface area contributed by atoms with Gasteiger partial charge in [-0.05, 0) is 49.2 Å². The number of alkyl halides is 3. The number of nitrogens with zero attached hydrogens (tertiary/aromatic N) is 2. The van der Waals surface area contributed by atoms with Crippen molar-refractivity contribution in [3.63, 3.8) is 0 Å². The van der Waals surface area contributed by atoms with Gasteiger partial charge in [-0.3, -0.25) is 14.6 Å². The summed E-state index contributed by atoms with van der Waals surface area (Å²) in [5, 5.41) is 2.51. The molecule has 136 valence electrons. The Hall–Kier alpha value is -2.90. The zero-order valence-electron chi connectivity index (χ0n) is 13.7. The number of hydrogen-bond donors (Lipinski definition) is 1. The molecule has 5 nitrogen and oxygen atoms in total. The molecule has 0 spiro atoms. The second-order valence-electron chi connectivity index (χ2n) is 5.96. The van der Waals surface area contributed by atoms with Gasteiger partial charge in [-0.2, -0.15) is 13.2 Å². The van der Waals surface area contributed by atoms with Gasteiger partial charge in [0.25, 0.3) is 11.8 Å². The van der Waals surface area contributed by atoms with Crippen LogP contribution in [0.5, 0.6) is 0 Å². The van der Waals surface area contributed by atoms with Crippen molar-refractivity contribution in [2.45, 2.75) is 19.0 Å². The van der Waals surface area contributed by atoms with Gasteiger partial charge in [0, 0.05) is 30.5 Å². The fourth-order valence-corrected chi connectivity index (χ4v) is 2.72. The third-order valence-corrected chi connectivity index (χ3v) is 4.10. The van der Waals surface area contributed by atoms with Crippen LogP contribution in [0.3, 0.4) is 0 Å². The minimum absolute atomic E-state index is 0.173. The van der Waals surface area contributed by atoms with Crippen molar-refractivity contribution < 1.29 is 22.8 Å². The summed E-state index contributed by atoms with van der Waals surface area (Å²) < 4.78 is 37.7. The largest absolute Gasteiger partial charge is 0.416 e. The van der Waals surface area contributed by atoms with Crippen LogP contribution in [0.15, 0.2) is 42.6 Å². The van der Waals surface area contributed by atoms with Gasteiger partial charge in [0.05, 0.1) is 5.56 Å². The minimum atomic E-state index is -4.43. The van der Waals surface area contributed by atoms with Gasteiger partial charge < -0.3 is 10.2 Å². The van der Waals surface area contributed by atoms with Gasteiger partial charge in [0.2, 0.25) is 0 Å². The third kappa shape index (κ3) is 4.01. The molecule has 26 heavy (non-hydrogen) atoms. The highest BCUT2D eigenvalue weighted by atomic mass is 19.4. The summed E-state index contributed by atoms with van der Waals surface area (Å²) in [5.41, 5.74) is -0.181. The number of carbonyl (C=O) groups is 2. The van der Waals surface area contributed by atoms with Crippen molar-refractivity contribution >= 4 is 17.5 Å². The van der Waals surface area contributed by atoms with Crippen LogP contribution in [0.4, 0.5) is 18.9 Å². The van der Waals surface area contributed by atoms with E-state index in [9.17, 15) is 22.8 Å². The number of likely N-dealkylation sites (tertiary alicyclic amines) is 1. The highest BCUT2D eigenvalue weighted by Crippen LogP contribution is 2.29.